The number of benzene rings is 1. The van der Waals surface area contributed by atoms with Gasteiger partial charge in [-0.25, -0.2) is 0 Å². The fourth-order valence-corrected chi connectivity index (χ4v) is 3.46. The maximum Gasteiger partial charge on any atom is 0.573 e. The van der Waals surface area contributed by atoms with Gasteiger partial charge in [0, 0.05) is 26.1 Å². The monoisotopic (exact) mass is 343 g/mol. The first-order valence-corrected chi connectivity index (χ1v) is 8.12. The molecule has 0 unspecified atom stereocenters. The topological polar surface area (TPSA) is 38.8 Å². The molecule has 2 aliphatic rings. The minimum Gasteiger partial charge on any atom is -0.406 e. The summed E-state index contributed by atoms with van der Waals surface area (Å²) in [5.41, 5.74) is 0.430. The lowest BCUT2D eigenvalue weighted by Gasteiger charge is -2.26. The molecule has 3 rings (SSSR count). The van der Waals surface area contributed by atoms with Gasteiger partial charge in [0.15, 0.2) is 0 Å². The molecule has 0 radical (unpaired) electrons. The molecule has 4 nitrogen and oxygen atoms in total. The summed E-state index contributed by atoms with van der Waals surface area (Å²) in [5, 5.41) is 0. The highest BCUT2D eigenvalue weighted by atomic mass is 19.4. The average Bonchev–Trinajstić information content (AvgIpc) is 2.91. The van der Waals surface area contributed by atoms with Crippen molar-refractivity contribution < 1.29 is 27.4 Å². The molecule has 0 saturated carbocycles. The van der Waals surface area contributed by atoms with Crippen LogP contribution in [0.2, 0.25) is 0 Å². The molecule has 0 bridgehead atoms. The van der Waals surface area contributed by atoms with Crippen LogP contribution < -0.4 is 4.74 Å². The van der Waals surface area contributed by atoms with E-state index in [0.29, 0.717) is 18.5 Å². The number of hydrogen-bond acceptors (Lipinski definition) is 3. The first-order chi connectivity index (χ1) is 11.4. The van der Waals surface area contributed by atoms with E-state index in [0.717, 1.165) is 32.3 Å². The lowest BCUT2D eigenvalue weighted by Crippen LogP contribution is -2.32. The Balaban J connectivity index is 1.66. The molecule has 0 aromatic heterocycles. The Morgan fingerprint density at radius 2 is 2.08 bits per heavy atom. The standard InChI is InChI=1S/C17H20F3NO3/c18-17(19,20)24-14-4-1-3-13(11-14)12-21-9-8-16(6-2-10-23-16)7-5-15(21)22/h1,3-4,11H,2,5-10,12H2/t16-/m1/s1. The van der Waals surface area contributed by atoms with Crippen LogP contribution in [-0.4, -0.2) is 35.9 Å². The largest absolute Gasteiger partial charge is 0.573 e. The number of alkyl halides is 3. The minimum atomic E-state index is -4.72. The van der Waals surface area contributed by atoms with Gasteiger partial charge in [0.1, 0.15) is 5.75 Å². The van der Waals surface area contributed by atoms with E-state index in [9.17, 15) is 18.0 Å². The number of rotatable bonds is 3. The van der Waals surface area contributed by atoms with Crippen LogP contribution in [0.5, 0.6) is 5.75 Å². The van der Waals surface area contributed by atoms with Crippen molar-refractivity contribution in [3.63, 3.8) is 0 Å². The zero-order valence-electron chi connectivity index (χ0n) is 13.3. The Hall–Kier alpha value is -1.76. The maximum atomic E-state index is 12.3. The summed E-state index contributed by atoms with van der Waals surface area (Å²) in [7, 11) is 0. The quantitative estimate of drug-likeness (QED) is 0.841. The van der Waals surface area contributed by atoms with Crippen molar-refractivity contribution >= 4 is 5.91 Å². The summed E-state index contributed by atoms with van der Waals surface area (Å²) >= 11 is 0. The van der Waals surface area contributed by atoms with Gasteiger partial charge in [0.2, 0.25) is 5.91 Å². The van der Waals surface area contributed by atoms with E-state index in [-0.39, 0.29) is 23.8 Å². The van der Waals surface area contributed by atoms with Gasteiger partial charge >= 0.3 is 6.36 Å². The van der Waals surface area contributed by atoms with E-state index in [1.807, 2.05) is 0 Å². The first kappa shape index (κ1) is 17.1. The second-order valence-electron chi connectivity index (χ2n) is 6.40. The van der Waals surface area contributed by atoms with E-state index in [1.54, 1.807) is 11.0 Å². The number of nitrogens with zero attached hydrogens (tertiary/aromatic N) is 1. The number of carbonyl (C=O) groups is 1. The third-order valence-corrected chi connectivity index (χ3v) is 4.67. The summed E-state index contributed by atoms with van der Waals surface area (Å²) in [5.74, 6) is -0.248. The van der Waals surface area contributed by atoms with Crippen molar-refractivity contribution in [1.82, 2.24) is 4.90 Å². The van der Waals surface area contributed by atoms with Crippen LogP contribution in [0.1, 0.15) is 37.7 Å². The molecule has 24 heavy (non-hydrogen) atoms. The molecule has 1 atom stereocenters. The van der Waals surface area contributed by atoms with Crippen molar-refractivity contribution in [3.8, 4) is 5.75 Å². The van der Waals surface area contributed by atoms with E-state index in [1.165, 1.54) is 18.2 Å². The average molecular weight is 343 g/mol. The van der Waals surface area contributed by atoms with Crippen LogP contribution in [0.3, 0.4) is 0 Å². The van der Waals surface area contributed by atoms with Crippen LogP contribution in [0.25, 0.3) is 0 Å². The zero-order valence-corrected chi connectivity index (χ0v) is 13.3. The predicted octanol–water partition coefficient (Wildman–Crippen LogP) is 3.65. The van der Waals surface area contributed by atoms with Gasteiger partial charge in [-0.1, -0.05) is 12.1 Å². The number of amides is 1. The van der Waals surface area contributed by atoms with Gasteiger partial charge in [0.25, 0.3) is 0 Å². The highest BCUT2D eigenvalue weighted by Crippen LogP contribution is 2.36. The summed E-state index contributed by atoms with van der Waals surface area (Å²) in [6, 6.07) is 5.78. The SMILES string of the molecule is O=C1CC[C@]2(CCCO2)CCN1Cc1cccc(OC(F)(F)F)c1. The third kappa shape index (κ3) is 4.20. The van der Waals surface area contributed by atoms with Gasteiger partial charge < -0.3 is 14.4 Å². The van der Waals surface area contributed by atoms with Gasteiger partial charge in [-0.2, -0.15) is 0 Å². The molecule has 7 heteroatoms. The predicted molar refractivity (Wildman–Crippen MR) is 80.3 cm³/mol. The van der Waals surface area contributed by atoms with Gasteiger partial charge in [-0.05, 0) is 43.4 Å². The van der Waals surface area contributed by atoms with Crippen LogP contribution in [0.15, 0.2) is 24.3 Å². The van der Waals surface area contributed by atoms with E-state index in [4.69, 9.17) is 4.74 Å². The first-order valence-electron chi connectivity index (χ1n) is 8.12. The lowest BCUT2D eigenvalue weighted by atomic mass is 9.92. The summed E-state index contributed by atoms with van der Waals surface area (Å²) in [6.07, 6.45) is -0.812. The van der Waals surface area contributed by atoms with Crippen LogP contribution in [0, 0.1) is 0 Å². The van der Waals surface area contributed by atoms with Gasteiger partial charge in [-0.3, -0.25) is 4.79 Å². The van der Waals surface area contributed by atoms with Crippen LogP contribution in [0.4, 0.5) is 13.2 Å². The Morgan fingerprint density at radius 1 is 1.25 bits per heavy atom. The maximum absolute atomic E-state index is 12.3. The van der Waals surface area contributed by atoms with Crippen molar-refractivity contribution in [2.75, 3.05) is 13.2 Å². The number of carbonyl (C=O) groups excluding carboxylic acids is 1. The van der Waals surface area contributed by atoms with E-state index in [2.05, 4.69) is 4.74 Å². The normalized spacial score (nSPS) is 25.1. The molecule has 1 aromatic rings. The second kappa shape index (κ2) is 6.63. The smallest absolute Gasteiger partial charge is 0.406 e. The molecule has 0 aliphatic carbocycles. The molecule has 1 aromatic carbocycles. The summed E-state index contributed by atoms with van der Waals surface area (Å²) in [6.45, 7) is 1.58. The molecule has 2 fully saturated rings. The van der Waals surface area contributed by atoms with Crippen molar-refractivity contribution in [2.24, 2.45) is 0 Å². The Morgan fingerprint density at radius 3 is 2.79 bits per heavy atom. The molecule has 2 aliphatic heterocycles. The second-order valence-corrected chi connectivity index (χ2v) is 6.40. The summed E-state index contributed by atoms with van der Waals surface area (Å²) < 4.78 is 46.7. The number of hydrogen-bond donors (Lipinski definition) is 0. The van der Waals surface area contributed by atoms with Crippen LogP contribution in [-0.2, 0) is 16.1 Å². The summed E-state index contributed by atoms with van der Waals surface area (Å²) in [4.78, 5) is 14.0. The number of likely N-dealkylation sites (tertiary alicyclic amines) is 1. The number of ether oxygens (including phenoxy) is 2. The van der Waals surface area contributed by atoms with Gasteiger partial charge in [-0.15, -0.1) is 13.2 Å². The molecule has 132 valence electrons. The van der Waals surface area contributed by atoms with Gasteiger partial charge in [0.05, 0.1) is 5.60 Å². The highest BCUT2D eigenvalue weighted by molar-refractivity contribution is 5.76. The van der Waals surface area contributed by atoms with Crippen molar-refractivity contribution in [1.29, 1.82) is 0 Å². The molecule has 1 spiro atoms. The Bertz CT molecular complexity index is 597. The third-order valence-electron chi connectivity index (χ3n) is 4.67. The molecule has 0 N–H and O–H groups in total. The molecule has 2 heterocycles. The molecular weight excluding hydrogens is 323 g/mol. The van der Waals surface area contributed by atoms with Crippen LogP contribution >= 0.6 is 0 Å². The fourth-order valence-electron chi connectivity index (χ4n) is 3.46. The fraction of sp³-hybridized carbons (Fsp3) is 0.588. The lowest BCUT2D eigenvalue weighted by molar-refractivity contribution is -0.274. The Labute approximate surface area is 138 Å². The molecular formula is C17H20F3NO3. The minimum absolute atomic E-state index is 0.0181. The zero-order chi connectivity index (χ0) is 17.2. The molecule has 1 amide bonds. The van der Waals surface area contributed by atoms with Crippen molar-refractivity contribution in [2.45, 2.75) is 50.6 Å². The van der Waals surface area contributed by atoms with E-state index < -0.39 is 6.36 Å². The van der Waals surface area contributed by atoms with Crippen molar-refractivity contribution in [3.05, 3.63) is 29.8 Å². The number of halogens is 3. The molecule has 2 saturated heterocycles. The highest BCUT2D eigenvalue weighted by Gasteiger charge is 2.38. The van der Waals surface area contributed by atoms with E-state index >= 15 is 0 Å². The Kier molecular flexibility index (Phi) is 4.71.